The molecule has 1 aliphatic heterocycles. The van der Waals surface area contributed by atoms with Crippen LogP contribution in [-0.2, 0) is 13.0 Å². The fourth-order valence-electron chi connectivity index (χ4n) is 5.65. The van der Waals surface area contributed by atoms with Gasteiger partial charge >= 0.3 is 0 Å². The molecular weight excluding hydrogens is 456 g/mol. The lowest BCUT2D eigenvalue weighted by Crippen LogP contribution is -2.45. The second-order valence-electron chi connectivity index (χ2n) is 10.3. The summed E-state index contributed by atoms with van der Waals surface area (Å²) >= 11 is 0. The van der Waals surface area contributed by atoms with Crippen molar-refractivity contribution in [1.82, 2.24) is 20.1 Å². The summed E-state index contributed by atoms with van der Waals surface area (Å²) in [6, 6.07) is 23.8. The number of nitrogens with two attached hydrogens (primary N) is 1. The van der Waals surface area contributed by atoms with Crippen molar-refractivity contribution >= 4 is 17.6 Å². The van der Waals surface area contributed by atoms with Crippen LogP contribution in [0.25, 0.3) is 0 Å². The van der Waals surface area contributed by atoms with Gasteiger partial charge in [-0.1, -0.05) is 48.5 Å². The summed E-state index contributed by atoms with van der Waals surface area (Å²) < 4.78 is 0. The van der Waals surface area contributed by atoms with Gasteiger partial charge in [-0.2, -0.15) is 0 Å². The Balaban J connectivity index is 1.18. The van der Waals surface area contributed by atoms with E-state index in [0.717, 1.165) is 63.5 Å². The lowest BCUT2D eigenvalue weighted by atomic mass is 9.91. The first kappa shape index (κ1) is 25.6. The smallest absolute Gasteiger partial charge is 0.0855 e. The Hall–Kier alpha value is -3.06. The summed E-state index contributed by atoms with van der Waals surface area (Å²) in [5.74, 6) is 0. The molecule has 0 radical (unpaired) electrons. The lowest BCUT2D eigenvalue weighted by Gasteiger charge is -2.37. The summed E-state index contributed by atoms with van der Waals surface area (Å²) in [5.41, 5.74) is 11.7. The van der Waals surface area contributed by atoms with Crippen LogP contribution in [0.1, 0.15) is 48.5 Å². The van der Waals surface area contributed by atoms with Crippen LogP contribution in [0.15, 0.2) is 77.9 Å². The average molecular weight is 497 g/mol. The maximum absolute atomic E-state index is 6.12. The summed E-state index contributed by atoms with van der Waals surface area (Å²) in [5, 5.41) is 3.76. The number of aromatic nitrogens is 1. The minimum Gasteiger partial charge on any atom is -0.397 e. The predicted molar refractivity (Wildman–Crippen MR) is 153 cm³/mol. The van der Waals surface area contributed by atoms with E-state index in [1.165, 1.54) is 36.1 Å². The van der Waals surface area contributed by atoms with Crippen LogP contribution in [0.5, 0.6) is 0 Å². The molecule has 1 atom stereocenters. The first-order valence-electron chi connectivity index (χ1n) is 13.8. The van der Waals surface area contributed by atoms with Gasteiger partial charge in [-0.05, 0) is 74.5 Å². The standard InChI is InChI=1S/C31H40N6/c32-28-12-4-5-13-29(28)33-18-21-37(30-14-6-10-26-11-7-17-34-31(26)30)23-22-36-19-15-27(16-20-36)35-24-25-8-2-1-3-9-25/h1-5,7-9,11-13,17-18,27,30,35H,6,10,14-16,19-24,32H2. The average Bonchev–Trinajstić information content (AvgIpc) is 2.95. The number of likely N-dealkylation sites (tertiary alicyclic amines) is 1. The summed E-state index contributed by atoms with van der Waals surface area (Å²) in [7, 11) is 0. The van der Waals surface area contributed by atoms with Crippen LogP contribution in [-0.4, -0.2) is 59.8 Å². The molecule has 0 amide bonds. The number of anilines is 1. The fraction of sp³-hybridized carbons (Fsp3) is 0.419. The van der Waals surface area contributed by atoms with E-state index in [1.54, 1.807) is 0 Å². The van der Waals surface area contributed by atoms with Crippen LogP contribution in [0.4, 0.5) is 11.4 Å². The molecule has 5 rings (SSSR count). The Bertz CT molecular complexity index is 1140. The highest BCUT2D eigenvalue weighted by Gasteiger charge is 2.27. The Morgan fingerprint density at radius 1 is 1.00 bits per heavy atom. The number of rotatable bonds is 10. The van der Waals surface area contributed by atoms with Gasteiger partial charge in [0, 0.05) is 44.6 Å². The Labute approximate surface area is 221 Å². The van der Waals surface area contributed by atoms with Crippen LogP contribution < -0.4 is 11.1 Å². The molecule has 0 bridgehead atoms. The number of aliphatic imine (C=N–C) groups is 1. The maximum Gasteiger partial charge on any atom is 0.0855 e. The molecule has 37 heavy (non-hydrogen) atoms. The number of fused-ring (bicyclic) bond motifs is 1. The SMILES string of the molecule is Nc1ccccc1N=CCN(CCN1CCC(NCc2ccccc2)CC1)C1CCCc2cccnc21. The van der Waals surface area contributed by atoms with Crippen molar-refractivity contribution in [2.24, 2.45) is 4.99 Å². The van der Waals surface area contributed by atoms with Crippen molar-refractivity contribution in [3.8, 4) is 0 Å². The summed E-state index contributed by atoms with van der Waals surface area (Å²) in [6.45, 7) is 6.14. The highest BCUT2D eigenvalue weighted by molar-refractivity contribution is 5.71. The van der Waals surface area contributed by atoms with E-state index in [2.05, 4.69) is 57.6 Å². The van der Waals surface area contributed by atoms with Crippen molar-refractivity contribution in [2.75, 3.05) is 38.5 Å². The molecule has 1 unspecified atom stereocenters. The topological polar surface area (TPSA) is 69.8 Å². The van der Waals surface area contributed by atoms with Crippen molar-refractivity contribution < 1.29 is 0 Å². The van der Waals surface area contributed by atoms with E-state index < -0.39 is 0 Å². The second kappa shape index (κ2) is 13.0. The molecule has 1 saturated heterocycles. The number of nitrogen functional groups attached to an aromatic ring is 1. The van der Waals surface area contributed by atoms with Crippen LogP contribution in [0, 0.1) is 0 Å². The number of hydrogen-bond donors (Lipinski definition) is 2. The van der Waals surface area contributed by atoms with Gasteiger partial charge in [0.1, 0.15) is 0 Å². The Kier molecular flexibility index (Phi) is 8.95. The van der Waals surface area contributed by atoms with Crippen molar-refractivity contribution in [3.05, 3.63) is 89.7 Å². The minimum absolute atomic E-state index is 0.342. The van der Waals surface area contributed by atoms with Crippen molar-refractivity contribution in [3.63, 3.8) is 0 Å². The van der Waals surface area contributed by atoms with Crippen molar-refractivity contribution in [2.45, 2.75) is 50.7 Å². The third kappa shape index (κ3) is 7.04. The summed E-state index contributed by atoms with van der Waals surface area (Å²) in [4.78, 5) is 14.7. The molecule has 2 aromatic carbocycles. The zero-order valence-corrected chi connectivity index (χ0v) is 21.8. The molecule has 6 heteroatoms. The van der Waals surface area contributed by atoms with Gasteiger partial charge in [-0.3, -0.25) is 14.9 Å². The Morgan fingerprint density at radius 3 is 2.65 bits per heavy atom. The third-order valence-electron chi connectivity index (χ3n) is 7.82. The number of pyridine rings is 1. The molecule has 1 aromatic heterocycles. The summed E-state index contributed by atoms with van der Waals surface area (Å²) in [6.07, 6.45) is 9.87. The maximum atomic E-state index is 6.12. The van der Waals surface area contributed by atoms with Gasteiger partial charge in [0.25, 0.3) is 0 Å². The van der Waals surface area contributed by atoms with E-state index in [1.807, 2.05) is 36.7 Å². The molecule has 194 valence electrons. The number of benzene rings is 2. The monoisotopic (exact) mass is 496 g/mol. The largest absolute Gasteiger partial charge is 0.397 e. The molecule has 1 fully saturated rings. The van der Waals surface area contributed by atoms with Crippen LogP contribution >= 0.6 is 0 Å². The van der Waals surface area contributed by atoms with Gasteiger partial charge < -0.3 is 16.0 Å². The van der Waals surface area contributed by atoms with E-state index >= 15 is 0 Å². The highest BCUT2D eigenvalue weighted by Crippen LogP contribution is 2.32. The number of aryl methyl sites for hydroxylation is 1. The number of para-hydroxylation sites is 2. The number of piperidine rings is 1. The zero-order chi connectivity index (χ0) is 25.3. The third-order valence-corrected chi connectivity index (χ3v) is 7.82. The van der Waals surface area contributed by atoms with Gasteiger partial charge in [-0.15, -0.1) is 0 Å². The first-order valence-corrected chi connectivity index (χ1v) is 13.8. The van der Waals surface area contributed by atoms with E-state index in [9.17, 15) is 0 Å². The van der Waals surface area contributed by atoms with E-state index in [-0.39, 0.29) is 0 Å². The highest BCUT2D eigenvalue weighted by atomic mass is 15.2. The van der Waals surface area contributed by atoms with Gasteiger partial charge in [0.05, 0.1) is 23.1 Å². The quantitative estimate of drug-likeness (QED) is 0.305. The molecular formula is C31H40N6. The molecule has 2 heterocycles. The van der Waals surface area contributed by atoms with Crippen molar-refractivity contribution in [1.29, 1.82) is 0 Å². The number of hydrogen-bond acceptors (Lipinski definition) is 6. The number of nitrogens with zero attached hydrogens (tertiary/aromatic N) is 4. The first-order chi connectivity index (χ1) is 18.3. The van der Waals surface area contributed by atoms with Gasteiger partial charge in [0.2, 0.25) is 0 Å². The van der Waals surface area contributed by atoms with E-state index in [4.69, 9.17) is 15.7 Å². The fourth-order valence-corrected chi connectivity index (χ4v) is 5.65. The second-order valence-corrected chi connectivity index (χ2v) is 10.3. The minimum atomic E-state index is 0.342. The van der Waals surface area contributed by atoms with Crippen LogP contribution in [0.3, 0.4) is 0 Å². The molecule has 1 aliphatic carbocycles. The van der Waals surface area contributed by atoms with Crippen LogP contribution in [0.2, 0.25) is 0 Å². The van der Waals surface area contributed by atoms with E-state index in [0.29, 0.717) is 12.1 Å². The predicted octanol–water partition coefficient (Wildman–Crippen LogP) is 5.00. The Morgan fingerprint density at radius 2 is 1.81 bits per heavy atom. The normalized spacial score (nSPS) is 18.9. The van der Waals surface area contributed by atoms with Gasteiger partial charge in [-0.25, -0.2) is 0 Å². The molecule has 3 aromatic rings. The number of nitrogens with one attached hydrogen (secondary N) is 1. The molecule has 6 nitrogen and oxygen atoms in total. The molecule has 0 saturated carbocycles. The lowest BCUT2D eigenvalue weighted by molar-refractivity contribution is 0.141. The molecule has 0 spiro atoms. The zero-order valence-electron chi connectivity index (χ0n) is 21.8. The molecule has 2 aliphatic rings. The molecule has 3 N–H and O–H groups in total. The van der Waals surface area contributed by atoms with Gasteiger partial charge in [0.15, 0.2) is 0 Å².